The number of hydrogen-bond acceptors (Lipinski definition) is 8. The number of nitrogens with zero attached hydrogens (tertiary/aromatic N) is 2. The lowest BCUT2D eigenvalue weighted by atomic mass is 10.1. The number of carbonyl (C=O) groups is 2. The molecular weight excluding hydrogens is 390 g/mol. The highest BCUT2D eigenvalue weighted by Crippen LogP contribution is 2.26. The first-order chi connectivity index (χ1) is 14.6. The number of methoxy groups -OCH3 is 1. The van der Waals surface area contributed by atoms with Crippen LogP contribution in [0.5, 0.6) is 5.75 Å². The Balaban J connectivity index is 1.30. The van der Waals surface area contributed by atoms with Crippen LogP contribution in [-0.4, -0.2) is 35.8 Å². The monoisotopic (exact) mass is 407 g/mol. The van der Waals surface area contributed by atoms with Crippen LogP contribution < -0.4 is 10.1 Å². The smallest absolute Gasteiger partial charge is 0.322 e. The fourth-order valence-electron chi connectivity index (χ4n) is 2.81. The number of amides is 1. The number of benzene rings is 2. The molecular formula is C21H17N3O6. The molecule has 0 atom stereocenters. The van der Waals surface area contributed by atoms with E-state index in [-0.39, 0.29) is 18.3 Å². The van der Waals surface area contributed by atoms with Gasteiger partial charge < -0.3 is 18.3 Å². The van der Waals surface area contributed by atoms with E-state index in [9.17, 15) is 9.59 Å². The van der Waals surface area contributed by atoms with E-state index in [1.807, 2.05) is 18.2 Å². The van der Waals surface area contributed by atoms with E-state index in [1.165, 1.54) is 6.26 Å². The highest BCUT2D eigenvalue weighted by Gasteiger charge is 2.15. The van der Waals surface area contributed by atoms with Crippen LogP contribution in [0.1, 0.15) is 5.56 Å². The molecule has 2 aromatic heterocycles. The third kappa shape index (κ3) is 4.30. The third-order valence-corrected chi connectivity index (χ3v) is 4.25. The summed E-state index contributed by atoms with van der Waals surface area (Å²) in [5.74, 6) is -0.238. The Bertz CT molecular complexity index is 1180. The number of nitrogens with one attached hydrogen (secondary N) is 1. The molecule has 0 aliphatic carbocycles. The van der Waals surface area contributed by atoms with Crippen molar-refractivity contribution in [2.24, 2.45) is 0 Å². The van der Waals surface area contributed by atoms with Gasteiger partial charge in [-0.1, -0.05) is 23.3 Å². The zero-order valence-electron chi connectivity index (χ0n) is 16.0. The van der Waals surface area contributed by atoms with Crippen LogP contribution in [0.25, 0.3) is 22.4 Å². The first-order valence-corrected chi connectivity index (χ1v) is 9.01. The zero-order valence-corrected chi connectivity index (χ0v) is 16.0. The maximum absolute atomic E-state index is 12.1. The van der Waals surface area contributed by atoms with Crippen LogP contribution in [0.2, 0.25) is 0 Å². The molecule has 0 spiro atoms. The number of furan rings is 1. The van der Waals surface area contributed by atoms with Gasteiger partial charge in [0.25, 0.3) is 5.91 Å². The minimum absolute atomic E-state index is 0.0364. The standard InChI is InChI=1S/C21H17N3O6/c1-27-15-7-8-16-14(11-28-17(16)10-15)9-19(26)29-12-18(25)22-21-24-23-20(30-21)13-5-3-2-4-6-13/h2-8,10-11H,9,12H2,1H3,(H,22,24,25). The Morgan fingerprint density at radius 2 is 1.93 bits per heavy atom. The molecule has 2 aromatic carbocycles. The van der Waals surface area contributed by atoms with Crippen molar-refractivity contribution >= 4 is 28.9 Å². The SMILES string of the molecule is COc1ccc2c(CC(=O)OCC(=O)Nc3nnc(-c4ccccc4)o3)coc2c1. The van der Waals surface area contributed by atoms with Crippen LogP contribution in [0.15, 0.2) is 63.6 Å². The van der Waals surface area contributed by atoms with Crippen LogP contribution in [0.3, 0.4) is 0 Å². The van der Waals surface area contributed by atoms with E-state index in [1.54, 1.807) is 37.4 Å². The molecule has 0 fully saturated rings. The average Bonchev–Trinajstić information content (AvgIpc) is 3.40. The molecule has 0 radical (unpaired) electrons. The van der Waals surface area contributed by atoms with E-state index in [0.717, 1.165) is 10.9 Å². The summed E-state index contributed by atoms with van der Waals surface area (Å²) >= 11 is 0. The lowest BCUT2D eigenvalue weighted by Gasteiger charge is -2.04. The van der Waals surface area contributed by atoms with E-state index >= 15 is 0 Å². The topological polar surface area (TPSA) is 117 Å². The Morgan fingerprint density at radius 3 is 2.73 bits per heavy atom. The van der Waals surface area contributed by atoms with E-state index in [0.29, 0.717) is 16.9 Å². The molecule has 0 saturated carbocycles. The quantitative estimate of drug-likeness (QED) is 0.464. The Hall–Kier alpha value is -4.14. The van der Waals surface area contributed by atoms with Crippen molar-refractivity contribution in [3.8, 4) is 17.2 Å². The van der Waals surface area contributed by atoms with E-state index < -0.39 is 18.5 Å². The van der Waals surface area contributed by atoms with E-state index in [4.69, 9.17) is 18.3 Å². The van der Waals surface area contributed by atoms with Crippen molar-refractivity contribution in [2.45, 2.75) is 6.42 Å². The molecule has 4 rings (SSSR count). The number of esters is 1. The lowest BCUT2D eigenvalue weighted by molar-refractivity contribution is -0.146. The van der Waals surface area contributed by atoms with Gasteiger partial charge in [0.05, 0.1) is 19.8 Å². The second-order valence-electron chi connectivity index (χ2n) is 6.29. The van der Waals surface area contributed by atoms with Gasteiger partial charge in [0.15, 0.2) is 6.61 Å². The number of hydrogen-bond donors (Lipinski definition) is 1. The molecule has 1 N–H and O–H groups in total. The summed E-state index contributed by atoms with van der Waals surface area (Å²) in [6.07, 6.45) is 1.44. The lowest BCUT2D eigenvalue weighted by Crippen LogP contribution is -2.21. The summed E-state index contributed by atoms with van der Waals surface area (Å²) in [7, 11) is 1.56. The van der Waals surface area contributed by atoms with Gasteiger partial charge in [-0.15, -0.1) is 5.10 Å². The number of fused-ring (bicyclic) bond motifs is 1. The van der Waals surface area contributed by atoms with Crippen molar-refractivity contribution in [1.82, 2.24) is 10.2 Å². The molecule has 9 nitrogen and oxygen atoms in total. The predicted octanol–water partition coefficient (Wildman–Crippen LogP) is 3.22. The second-order valence-corrected chi connectivity index (χ2v) is 6.29. The highest BCUT2D eigenvalue weighted by atomic mass is 16.5. The number of rotatable bonds is 7. The van der Waals surface area contributed by atoms with Crippen molar-refractivity contribution in [2.75, 3.05) is 19.0 Å². The van der Waals surface area contributed by atoms with Crippen molar-refractivity contribution in [1.29, 1.82) is 0 Å². The van der Waals surface area contributed by atoms with Crippen molar-refractivity contribution < 1.29 is 27.9 Å². The molecule has 9 heteroatoms. The second kappa shape index (κ2) is 8.48. The Labute approximate surface area is 170 Å². The van der Waals surface area contributed by atoms with Crippen LogP contribution in [-0.2, 0) is 20.7 Å². The molecule has 4 aromatic rings. The minimum atomic E-state index is -0.589. The number of ether oxygens (including phenoxy) is 2. The van der Waals surface area contributed by atoms with Gasteiger partial charge in [-0.3, -0.25) is 14.9 Å². The summed E-state index contributed by atoms with van der Waals surface area (Å²) in [6.45, 7) is -0.481. The summed E-state index contributed by atoms with van der Waals surface area (Å²) in [5.41, 5.74) is 1.98. The molecule has 0 saturated heterocycles. The van der Waals surface area contributed by atoms with Crippen molar-refractivity contribution in [3.05, 3.63) is 60.4 Å². The average molecular weight is 407 g/mol. The van der Waals surface area contributed by atoms with Gasteiger partial charge in [0.2, 0.25) is 5.89 Å². The number of anilines is 1. The summed E-state index contributed by atoms with van der Waals surface area (Å²) in [4.78, 5) is 24.1. The molecule has 30 heavy (non-hydrogen) atoms. The van der Waals surface area contributed by atoms with E-state index in [2.05, 4.69) is 15.5 Å². The number of carbonyl (C=O) groups excluding carboxylic acids is 2. The van der Waals surface area contributed by atoms with Crippen molar-refractivity contribution in [3.63, 3.8) is 0 Å². The third-order valence-electron chi connectivity index (χ3n) is 4.25. The molecule has 2 heterocycles. The van der Waals surface area contributed by atoms with Gasteiger partial charge in [-0.25, -0.2) is 0 Å². The van der Waals surface area contributed by atoms with Gasteiger partial charge in [0.1, 0.15) is 11.3 Å². The fourth-order valence-corrected chi connectivity index (χ4v) is 2.81. The fraction of sp³-hybridized carbons (Fsp3) is 0.143. The van der Waals surface area contributed by atoms with Gasteiger partial charge in [-0.05, 0) is 24.3 Å². The molecule has 0 aliphatic heterocycles. The van der Waals surface area contributed by atoms with Crippen LogP contribution >= 0.6 is 0 Å². The highest BCUT2D eigenvalue weighted by molar-refractivity contribution is 5.92. The zero-order chi connectivity index (χ0) is 20.9. The number of aromatic nitrogens is 2. The van der Waals surface area contributed by atoms with Gasteiger partial charge in [-0.2, -0.15) is 0 Å². The largest absolute Gasteiger partial charge is 0.497 e. The molecule has 0 unspecified atom stereocenters. The first kappa shape index (κ1) is 19.2. The molecule has 152 valence electrons. The maximum Gasteiger partial charge on any atom is 0.322 e. The molecule has 1 amide bonds. The summed E-state index contributed by atoms with van der Waals surface area (Å²) in [6, 6.07) is 14.3. The summed E-state index contributed by atoms with van der Waals surface area (Å²) < 4.78 is 21.0. The Morgan fingerprint density at radius 1 is 1.10 bits per heavy atom. The Kier molecular flexibility index (Phi) is 5.42. The molecule has 0 aliphatic rings. The molecule has 0 bridgehead atoms. The minimum Gasteiger partial charge on any atom is -0.497 e. The van der Waals surface area contributed by atoms with Crippen LogP contribution in [0, 0.1) is 0 Å². The van der Waals surface area contributed by atoms with Gasteiger partial charge >= 0.3 is 12.0 Å². The predicted molar refractivity (Wildman–Crippen MR) is 106 cm³/mol. The summed E-state index contributed by atoms with van der Waals surface area (Å²) in [5, 5.41) is 10.8. The normalized spacial score (nSPS) is 10.7. The first-order valence-electron chi connectivity index (χ1n) is 9.01. The maximum atomic E-state index is 12.1. The van der Waals surface area contributed by atoms with Crippen LogP contribution in [0.4, 0.5) is 6.01 Å². The van der Waals surface area contributed by atoms with Gasteiger partial charge in [0, 0.05) is 22.6 Å².